The number of hydrogen-bond donors (Lipinski definition) is 1. The van der Waals surface area contributed by atoms with Gasteiger partial charge in [-0.05, 0) is 30.7 Å². The van der Waals surface area contributed by atoms with E-state index in [1.807, 2.05) is 31.4 Å². The Morgan fingerprint density at radius 2 is 2.29 bits per heavy atom. The zero-order valence-corrected chi connectivity index (χ0v) is 14.5. The van der Waals surface area contributed by atoms with Crippen molar-refractivity contribution in [3.05, 3.63) is 29.0 Å². The fourth-order valence-electron chi connectivity index (χ4n) is 3.09. The number of aromatic nitrogens is 1. The summed E-state index contributed by atoms with van der Waals surface area (Å²) in [6, 6.07) is 3.86. The van der Waals surface area contributed by atoms with Gasteiger partial charge in [-0.2, -0.15) is 0 Å². The normalized spacial score (nSPS) is 21.0. The fraction of sp³-hybridized carbons (Fsp3) is 0.471. The van der Waals surface area contributed by atoms with Crippen molar-refractivity contribution >= 4 is 23.2 Å². The Labute approximate surface area is 144 Å². The third-order valence-corrected chi connectivity index (χ3v) is 5.38. The minimum atomic E-state index is -0.775. The number of rotatable bonds is 4. The Kier molecular flexibility index (Phi) is 4.71. The molecule has 3 rings (SSSR count). The molecule has 7 heteroatoms. The molecule has 1 aliphatic heterocycles. The third kappa shape index (κ3) is 3.36. The number of carbonyl (C=O) groups excluding carboxylic acids is 1. The Morgan fingerprint density at radius 3 is 2.92 bits per heavy atom. The van der Waals surface area contributed by atoms with Crippen molar-refractivity contribution < 1.29 is 19.1 Å². The van der Waals surface area contributed by atoms with Gasteiger partial charge in [0.25, 0.3) is 0 Å². The molecule has 0 spiro atoms. The van der Waals surface area contributed by atoms with E-state index in [9.17, 15) is 14.7 Å². The van der Waals surface area contributed by atoms with Crippen molar-refractivity contribution in [1.82, 2.24) is 9.88 Å². The summed E-state index contributed by atoms with van der Waals surface area (Å²) in [5.74, 6) is -0.0145. The second-order valence-corrected chi connectivity index (χ2v) is 7.17. The van der Waals surface area contributed by atoms with Gasteiger partial charge in [-0.3, -0.25) is 9.59 Å². The molecule has 3 heterocycles. The second kappa shape index (κ2) is 6.76. The van der Waals surface area contributed by atoms with Gasteiger partial charge in [0.05, 0.1) is 22.9 Å². The molecule has 2 unspecified atom stereocenters. The molecule has 6 nitrogen and oxygen atoms in total. The highest BCUT2D eigenvalue weighted by Crippen LogP contribution is 2.27. The highest BCUT2D eigenvalue weighted by Gasteiger charge is 2.33. The lowest BCUT2D eigenvalue weighted by atomic mass is 9.87. The quantitative estimate of drug-likeness (QED) is 0.918. The summed E-state index contributed by atoms with van der Waals surface area (Å²) < 4.78 is 5.67. The molecule has 2 aromatic heterocycles. The predicted octanol–water partition coefficient (Wildman–Crippen LogP) is 2.82. The average molecular weight is 348 g/mol. The van der Waals surface area contributed by atoms with Crippen LogP contribution in [0.15, 0.2) is 21.9 Å². The van der Waals surface area contributed by atoms with Crippen molar-refractivity contribution in [2.24, 2.45) is 11.8 Å². The number of carboxylic acids is 1. The molecule has 2 atom stereocenters. The molecular weight excluding hydrogens is 328 g/mol. The Morgan fingerprint density at radius 1 is 1.50 bits per heavy atom. The van der Waals surface area contributed by atoms with E-state index in [0.29, 0.717) is 36.9 Å². The number of aryl methyl sites for hydroxylation is 1. The van der Waals surface area contributed by atoms with Crippen LogP contribution in [0.2, 0.25) is 0 Å². The summed E-state index contributed by atoms with van der Waals surface area (Å²) in [6.45, 7) is 4.65. The highest BCUT2D eigenvalue weighted by atomic mass is 32.1. The molecule has 1 amide bonds. The van der Waals surface area contributed by atoms with Gasteiger partial charge in [-0.1, -0.05) is 13.0 Å². The molecule has 0 bridgehead atoms. The second-order valence-electron chi connectivity index (χ2n) is 6.23. The number of piperidine rings is 1. The van der Waals surface area contributed by atoms with Crippen molar-refractivity contribution in [1.29, 1.82) is 0 Å². The third-order valence-electron chi connectivity index (χ3n) is 4.52. The van der Waals surface area contributed by atoms with E-state index in [2.05, 4.69) is 4.98 Å². The number of hydrogen-bond acceptors (Lipinski definition) is 5. The first-order valence-electron chi connectivity index (χ1n) is 7.96. The lowest BCUT2D eigenvalue weighted by Gasteiger charge is -2.34. The SMILES string of the molecule is Cc1oc(-c2cccs2)nc1CC(=O)N1CCC(C(=O)O)C(C)C1. The summed E-state index contributed by atoms with van der Waals surface area (Å²) in [4.78, 5) is 30.8. The maximum atomic E-state index is 12.5. The van der Waals surface area contributed by atoms with E-state index in [1.54, 1.807) is 16.2 Å². The van der Waals surface area contributed by atoms with Gasteiger partial charge in [0, 0.05) is 13.1 Å². The fourth-order valence-corrected chi connectivity index (χ4v) is 3.74. The summed E-state index contributed by atoms with van der Waals surface area (Å²) in [5, 5.41) is 11.1. The molecule has 24 heavy (non-hydrogen) atoms. The minimum Gasteiger partial charge on any atom is -0.481 e. The number of aliphatic carboxylic acids is 1. The number of likely N-dealkylation sites (tertiary alicyclic amines) is 1. The van der Waals surface area contributed by atoms with Crippen LogP contribution in [0.3, 0.4) is 0 Å². The van der Waals surface area contributed by atoms with Gasteiger partial charge in [-0.25, -0.2) is 4.98 Å². The number of carboxylic acid groups (broad SMARTS) is 1. The first-order valence-corrected chi connectivity index (χ1v) is 8.84. The first-order chi connectivity index (χ1) is 11.5. The summed E-state index contributed by atoms with van der Waals surface area (Å²) in [5.41, 5.74) is 0.649. The zero-order valence-electron chi connectivity index (χ0n) is 13.7. The van der Waals surface area contributed by atoms with E-state index < -0.39 is 5.97 Å². The van der Waals surface area contributed by atoms with Crippen LogP contribution in [0.5, 0.6) is 0 Å². The van der Waals surface area contributed by atoms with Crippen molar-refractivity contribution in [3.63, 3.8) is 0 Å². The molecule has 1 aliphatic rings. The van der Waals surface area contributed by atoms with E-state index in [4.69, 9.17) is 4.42 Å². The van der Waals surface area contributed by atoms with Crippen LogP contribution in [-0.4, -0.2) is 40.0 Å². The number of amides is 1. The number of nitrogens with zero attached hydrogens (tertiary/aromatic N) is 2. The van der Waals surface area contributed by atoms with Gasteiger partial charge in [0.2, 0.25) is 11.8 Å². The van der Waals surface area contributed by atoms with Crippen LogP contribution in [0.4, 0.5) is 0 Å². The van der Waals surface area contributed by atoms with Crippen LogP contribution in [0.1, 0.15) is 24.8 Å². The van der Waals surface area contributed by atoms with Crippen LogP contribution < -0.4 is 0 Å². The Balaban J connectivity index is 1.66. The topological polar surface area (TPSA) is 83.6 Å². The molecule has 1 fully saturated rings. The minimum absolute atomic E-state index is 0.0279. The summed E-state index contributed by atoms with van der Waals surface area (Å²) in [7, 11) is 0. The smallest absolute Gasteiger partial charge is 0.306 e. The molecule has 0 radical (unpaired) electrons. The molecule has 0 saturated carbocycles. The van der Waals surface area contributed by atoms with E-state index in [1.165, 1.54) is 0 Å². The first kappa shape index (κ1) is 16.7. The van der Waals surface area contributed by atoms with Crippen molar-refractivity contribution in [2.75, 3.05) is 13.1 Å². The van der Waals surface area contributed by atoms with E-state index in [-0.39, 0.29) is 24.2 Å². The van der Waals surface area contributed by atoms with Crippen molar-refractivity contribution in [2.45, 2.75) is 26.7 Å². The molecule has 0 aliphatic carbocycles. The lowest BCUT2D eigenvalue weighted by Crippen LogP contribution is -2.45. The van der Waals surface area contributed by atoms with Gasteiger partial charge < -0.3 is 14.4 Å². The van der Waals surface area contributed by atoms with Crippen LogP contribution >= 0.6 is 11.3 Å². The maximum absolute atomic E-state index is 12.5. The number of oxazole rings is 1. The van der Waals surface area contributed by atoms with E-state index >= 15 is 0 Å². The summed E-state index contributed by atoms with van der Waals surface area (Å²) >= 11 is 1.54. The largest absolute Gasteiger partial charge is 0.481 e. The summed E-state index contributed by atoms with van der Waals surface area (Å²) in [6.07, 6.45) is 0.686. The van der Waals surface area contributed by atoms with Crippen LogP contribution in [0, 0.1) is 18.8 Å². The standard InChI is InChI=1S/C17H20N2O4S/c1-10-9-19(6-5-12(10)17(21)22)15(20)8-13-11(2)23-16(18-13)14-4-3-7-24-14/h3-4,7,10,12H,5-6,8-9H2,1-2H3,(H,21,22). The molecule has 2 aromatic rings. The monoisotopic (exact) mass is 348 g/mol. The molecule has 1 saturated heterocycles. The number of thiophene rings is 1. The molecule has 1 N–H and O–H groups in total. The van der Waals surface area contributed by atoms with Crippen LogP contribution in [-0.2, 0) is 16.0 Å². The van der Waals surface area contributed by atoms with Gasteiger partial charge in [-0.15, -0.1) is 11.3 Å². The van der Waals surface area contributed by atoms with E-state index in [0.717, 1.165) is 4.88 Å². The molecular formula is C17H20N2O4S. The Bertz CT molecular complexity index is 738. The number of carbonyl (C=O) groups is 2. The maximum Gasteiger partial charge on any atom is 0.306 e. The lowest BCUT2D eigenvalue weighted by molar-refractivity contribution is -0.148. The van der Waals surface area contributed by atoms with Crippen LogP contribution in [0.25, 0.3) is 10.8 Å². The average Bonchev–Trinajstić information content (AvgIpc) is 3.17. The predicted molar refractivity (Wildman–Crippen MR) is 89.7 cm³/mol. The zero-order chi connectivity index (χ0) is 17.3. The molecule has 0 aromatic carbocycles. The molecule has 128 valence electrons. The van der Waals surface area contributed by atoms with Gasteiger partial charge >= 0.3 is 5.97 Å². The Hall–Kier alpha value is -2.15. The highest BCUT2D eigenvalue weighted by molar-refractivity contribution is 7.13. The van der Waals surface area contributed by atoms with Crippen molar-refractivity contribution in [3.8, 4) is 10.8 Å². The van der Waals surface area contributed by atoms with Gasteiger partial charge in [0.1, 0.15) is 5.76 Å². The van der Waals surface area contributed by atoms with Gasteiger partial charge in [0.15, 0.2) is 0 Å².